The normalized spacial score (nSPS) is 11.0. The smallest absolute Gasteiger partial charge is 0.142 e. The predicted molar refractivity (Wildman–Crippen MR) is 100 cm³/mol. The van der Waals surface area contributed by atoms with Crippen LogP contribution in [-0.2, 0) is 6.61 Å². The first-order valence-corrected chi connectivity index (χ1v) is 8.39. The van der Waals surface area contributed by atoms with Crippen LogP contribution in [0.25, 0.3) is 16.6 Å². The van der Waals surface area contributed by atoms with Crippen molar-refractivity contribution >= 4 is 45.7 Å². The molecule has 26 heavy (non-hydrogen) atoms. The van der Waals surface area contributed by atoms with E-state index in [2.05, 4.69) is 25.4 Å². The van der Waals surface area contributed by atoms with E-state index in [0.29, 0.717) is 33.1 Å². The van der Waals surface area contributed by atoms with Gasteiger partial charge >= 0.3 is 0 Å². The molecule has 0 bridgehead atoms. The van der Waals surface area contributed by atoms with E-state index in [-0.39, 0.29) is 6.61 Å². The predicted octanol–water partition coefficient (Wildman–Crippen LogP) is 3.75. The van der Waals surface area contributed by atoms with Gasteiger partial charge in [-0.2, -0.15) is 5.10 Å². The maximum Gasteiger partial charge on any atom is 0.142 e. The number of hydrogen-bond donors (Lipinski definition) is 2. The van der Waals surface area contributed by atoms with Crippen LogP contribution in [0.1, 0.15) is 5.69 Å². The van der Waals surface area contributed by atoms with Gasteiger partial charge in [0.2, 0.25) is 0 Å². The van der Waals surface area contributed by atoms with Gasteiger partial charge in [0, 0.05) is 18.5 Å². The molecule has 0 saturated heterocycles. The third kappa shape index (κ3) is 3.08. The van der Waals surface area contributed by atoms with Crippen molar-refractivity contribution in [3.63, 3.8) is 0 Å². The molecular weight excluding hydrogens is 375 g/mol. The van der Waals surface area contributed by atoms with Gasteiger partial charge in [-0.15, -0.1) is 0 Å². The largest absolute Gasteiger partial charge is 0.390 e. The van der Waals surface area contributed by atoms with Gasteiger partial charge in [0.15, 0.2) is 0 Å². The van der Waals surface area contributed by atoms with E-state index in [1.165, 1.54) is 6.33 Å². The molecule has 1 aromatic carbocycles. The summed E-state index contributed by atoms with van der Waals surface area (Å²) in [6.07, 6.45) is 4.82. The molecular formula is C17H12Cl2N6O. The average Bonchev–Trinajstić information content (AvgIpc) is 3.06. The molecule has 0 radical (unpaired) electrons. The molecule has 9 heteroatoms. The number of hydrogen-bond acceptors (Lipinski definition) is 6. The lowest BCUT2D eigenvalue weighted by Gasteiger charge is -2.06. The van der Waals surface area contributed by atoms with Crippen molar-refractivity contribution in [3.05, 3.63) is 64.8 Å². The molecule has 0 aliphatic heterocycles. The van der Waals surface area contributed by atoms with E-state index < -0.39 is 0 Å². The Balaban J connectivity index is 1.79. The van der Waals surface area contributed by atoms with Crippen molar-refractivity contribution in [2.75, 3.05) is 5.32 Å². The number of anilines is 2. The van der Waals surface area contributed by atoms with Gasteiger partial charge in [-0.25, -0.2) is 19.6 Å². The van der Waals surface area contributed by atoms with Crippen molar-refractivity contribution in [2.24, 2.45) is 0 Å². The zero-order valence-corrected chi connectivity index (χ0v) is 14.8. The summed E-state index contributed by atoms with van der Waals surface area (Å²) in [5, 5.41) is 18.6. The molecule has 0 atom stereocenters. The highest BCUT2D eigenvalue weighted by molar-refractivity contribution is 6.37. The summed E-state index contributed by atoms with van der Waals surface area (Å²) in [4.78, 5) is 12.5. The van der Waals surface area contributed by atoms with E-state index in [0.717, 1.165) is 10.9 Å². The number of aromatic nitrogens is 5. The van der Waals surface area contributed by atoms with Gasteiger partial charge in [0.25, 0.3) is 0 Å². The highest BCUT2D eigenvalue weighted by atomic mass is 35.5. The van der Waals surface area contributed by atoms with E-state index >= 15 is 0 Å². The fourth-order valence-electron chi connectivity index (χ4n) is 2.54. The molecule has 4 aromatic rings. The van der Waals surface area contributed by atoms with Gasteiger partial charge in [-0.05, 0) is 18.2 Å². The molecule has 130 valence electrons. The summed E-state index contributed by atoms with van der Waals surface area (Å²) >= 11 is 12.6. The Morgan fingerprint density at radius 3 is 2.65 bits per heavy atom. The molecule has 3 aromatic heterocycles. The highest BCUT2D eigenvalue weighted by Gasteiger charge is 2.13. The van der Waals surface area contributed by atoms with Crippen molar-refractivity contribution in [2.45, 2.75) is 6.61 Å². The first-order chi connectivity index (χ1) is 12.7. The zero-order valence-electron chi connectivity index (χ0n) is 13.3. The van der Waals surface area contributed by atoms with Crippen LogP contribution in [0.5, 0.6) is 0 Å². The number of nitrogens with zero attached hydrogens (tertiary/aromatic N) is 5. The van der Waals surface area contributed by atoms with E-state index in [1.54, 1.807) is 47.4 Å². The summed E-state index contributed by atoms with van der Waals surface area (Å²) in [6.45, 7) is -0.169. The SMILES string of the molecule is OCc1cc(Nc2nccc3nn(-c4c(Cl)cccc4Cl)cc23)ncn1. The van der Waals surface area contributed by atoms with Crippen LogP contribution in [0.3, 0.4) is 0 Å². The monoisotopic (exact) mass is 386 g/mol. The van der Waals surface area contributed by atoms with Crippen molar-refractivity contribution < 1.29 is 5.11 Å². The van der Waals surface area contributed by atoms with Gasteiger partial charge in [-0.3, -0.25) is 0 Å². The Kier molecular flexibility index (Phi) is 4.42. The van der Waals surface area contributed by atoms with Crippen molar-refractivity contribution in [1.82, 2.24) is 24.7 Å². The lowest BCUT2D eigenvalue weighted by atomic mass is 10.3. The molecule has 4 rings (SSSR count). The van der Waals surface area contributed by atoms with Crippen molar-refractivity contribution in [1.29, 1.82) is 0 Å². The van der Waals surface area contributed by atoms with Crippen LogP contribution in [-0.4, -0.2) is 29.8 Å². The Labute approximate surface area is 158 Å². The van der Waals surface area contributed by atoms with E-state index in [4.69, 9.17) is 23.2 Å². The average molecular weight is 387 g/mol. The topological polar surface area (TPSA) is 88.8 Å². The first kappa shape index (κ1) is 16.7. The Morgan fingerprint density at radius 2 is 1.88 bits per heavy atom. The second kappa shape index (κ2) is 6.87. The molecule has 0 aliphatic carbocycles. The first-order valence-electron chi connectivity index (χ1n) is 7.63. The molecule has 2 N–H and O–H groups in total. The van der Waals surface area contributed by atoms with Gasteiger partial charge < -0.3 is 10.4 Å². The number of benzene rings is 1. The molecule has 0 unspecified atom stereocenters. The number of fused-ring (bicyclic) bond motifs is 1. The number of pyridine rings is 1. The second-order valence-corrected chi connectivity index (χ2v) is 6.23. The molecule has 0 spiro atoms. The van der Waals surface area contributed by atoms with Crippen molar-refractivity contribution in [3.8, 4) is 5.69 Å². The molecule has 3 heterocycles. The Bertz CT molecular complexity index is 1080. The lowest BCUT2D eigenvalue weighted by molar-refractivity contribution is 0.276. The Hall–Kier alpha value is -2.74. The Morgan fingerprint density at radius 1 is 1.08 bits per heavy atom. The maximum absolute atomic E-state index is 9.21. The third-order valence-corrected chi connectivity index (χ3v) is 4.34. The standard InChI is InChI=1S/C17H12Cl2N6O/c18-12-2-1-3-13(19)16(12)25-7-11-14(24-25)4-5-20-17(11)23-15-6-10(8-26)21-9-22-15/h1-7,9,26H,8H2,(H,20,21,22,23). The fraction of sp³-hybridized carbons (Fsp3) is 0.0588. The number of halogens is 2. The molecule has 0 aliphatic rings. The van der Waals surface area contributed by atoms with Crippen LogP contribution in [0, 0.1) is 0 Å². The van der Waals surface area contributed by atoms with Gasteiger partial charge in [0.1, 0.15) is 23.7 Å². The van der Waals surface area contributed by atoms with Gasteiger partial charge in [0.05, 0.1) is 33.2 Å². The van der Waals surface area contributed by atoms with E-state index in [9.17, 15) is 5.11 Å². The fourth-order valence-corrected chi connectivity index (χ4v) is 3.11. The summed E-state index contributed by atoms with van der Waals surface area (Å²) in [5.41, 5.74) is 1.82. The van der Waals surface area contributed by atoms with Crippen LogP contribution < -0.4 is 5.32 Å². The molecule has 7 nitrogen and oxygen atoms in total. The summed E-state index contributed by atoms with van der Waals surface area (Å²) in [6, 6.07) is 8.73. The zero-order chi connectivity index (χ0) is 18.1. The number of rotatable bonds is 4. The van der Waals surface area contributed by atoms with Crippen LogP contribution in [0.2, 0.25) is 10.0 Å². The third-order valence-electron chi connectivity index (χ3n) is 3.73. The quantitative estimate of drug-likeness (QED) is 0.555. The lowest BCUT2D eigenvalue weighted by Crippen LogP contribution is -1.99. The minimum atomic E-state index is -0.169. The maximum atomic E-state index is 9.21. The summed E-state index contributed by atoms with van der Waals surface area (Å²) in [7, 11) is 0. The van der Waals surface area contributed by atoms with Gasteiger partial charge in [-0.1, -0.05) is 29.3 Å². The highest BCUT2D eigenvalue weighted by Crippen LogP contribution is 2.30. The second-order valence-electron chi connectivity index (χ2n) is 5.41. The molecule has 0 saturated carbocycles. The number of aliphatic hydroxyl groups excluding tert-OH is 1. The molecule has 0 amide bonds. The number of para-hydroxylation sites is 1. The minimum Gasteiger partial charge on any atom is -0.390 e. The van der Waals surface area contributed by atoms with E-state index in [1.807, 2.05) is 0 Å². The number of nitrogens with one attached hydrogen (secondary N) is 1. The van der Waals surface area contributed by atoms with Crippen LogP contribution >= 0.6 is 23.2 Å². The minimum absolute atomic E-state index is 0.169. The summed E-state index contributed by atoms with van der Waals surface area (Å²) in [5.74, 6) is 1.09. The van der Waals surface area contributed by atoms with Crippen LogP contribution in [0.4, 0.5) is 11.6 Å². The number of aliphatic hydroxyl groups is 1. The van der Waals surface area contributed by atoms with Crippen LogP contribution in [0.15, 0.2) is 49.1 Å². The summed E-state index contributed by atoms with van der Waals surface area (Å²) < 4.78 is 1.63. The molecule has 0 fully saturated rings.